The van der Waals surface area contributed by atoms with Crippen molar-refractivity contribution in [1.82, 2.24) is 20.5 Å². The molecule has 1 amide bonds. The first-order chi connectivity index (χ1) is 12.5. The molecular formula is C20H27N5O. The molecule has 2 N–H and O–H groups in total. The Morgan fingerprint density at radius 3 is 2.69 bits per heavy atom. The van der Waals surface area contributed by atoms with Crippen LogP contribution in [0.2, 0.25) is 0 Å². The largest absolute Gasteiger partial charge is 0.356 e. The SMILES string of the molecule is CN=C(NCCc1cccc(C(=O)N(C)C)c1)NCc1ncccc1C. The Hall–Kier alpha value is -2.89. The Bertz CT molecular complexity index is 770. The van der Waals surface area contributed by atoms with Crippen LogP contribution >= 0.6 is 0 Å². The van der Waals surface area contributed by atoms with E-state index in [1.807, 2.05) is 43.3 Å². The Kier molecular flexibility index (Phi) is 7.14. The van der Waals surface area contributed by atoms with Gasteiger partial charge in [-0.2, -0.15) is 0 Å². The van der Waals surface area contributed by atoms with Crippen molar-refractivity contribution in [2.24, 2.45) is 4.99 Å². The number of aliphatic imine (C=N–C) groups is 1. The molecule has 0 aliphatic carbocycles. The molecule has 0 aliphatic rings. The van der Waals surface area contributed by atoms with Crippen LogP contribution in [0, 0.1) is 6.92 Å². The van der Waals surface area contributed by atoms with Gasteiger partial charge in [-0.05, 0) is 42.7 Å². The van der Waals surface area contributed by atoms with Gasteiger partial charge in [0.2, 0.25) is 0 Å². The third-order valence-corrected chi connectivity index (χ3v) is 4.05. The number of hydrogen-bond donors (Lipinski definition) is 2. The lowest BCUT2D eigenvalue weighted by Gasteiger charge is -2.13. The maximum atomic E-state index is 12.0. The third-order valence-electron chi connectivity index (χ3n) is 4.05. The van der Waals surface area contributed by atoms with Gasteiger partial charge in [0.1, 0.15) is 0 Å². The molecule has 26 heavy (non-hydrogen) atoms. The summed E-state index contributed by atoms with van der Waals surface area (Å²) in [6.07, 6.45) is 2.60. The first-order valence-corrected chi connectivity index (χ1v) is 8.67. The lowest BCUT2D eigenvalue weighted by atomic mass is 10.1. The summed E-state index contributed by atoms with van der Waals surface area (Å²) in [6.45, 7) is 3.39. The molecule has 0 spiro atoms. The molecule has 1 aromatic heterocycles. The number of carbonyl (C=O) groups excluding carboxylic acids is 1. The number of rotatable bonds is 6. The summed E-state index contributed by atoms with van der Waals surface area (Å²) in [6, 6.07) is 11.7. The highest BCUT2D eigenvalue weighted by atomic mass is 16.2. The number of carbonyl (C=O) groups is 1. The third kappa shape index (κ3) is 5.58. The van der Waals surface area contributed by atoms with Crippen molar-refractivity contribution in [1.29, 1.82) is 0 Å². The maximum absolute atomic E-state index is 12.0. The van der Waals surface area contributed by atoms with E-state index in [-0.39, 0.29) is 5.91 Å². The Balaban J connectivity index is 1.85. The zero-order valence-electron chi connectivity index (χ0n) is 15.9. The van der Waals surface area contributed by atoms with E-state index in [1.165, 1.54) is 0 Å². The minimum absolute atomic E-state index is 0.0167. The second-order valence-corrected chi connectivity index (χ2v) is 6.27. The number of pyridine rings is 1. The molecule has 6 nitrogen and oxygen atoms in total. The molecular weight excluding hydrogens is 326 g/mol. The summed E-state index contributed by atoms with van der Waals surface area (Å²) in [5, 5.41) is 6.57. The van der Waals surface area contributed by atoms with Crippen molar-refractivity contribution in [3.05, 3.63) is 65.0 Å². The average molecular weight is 353 g/mol. The quantitative estimate of drug-likeness (QED) is 0.616. The molecule has 138 valence electrons. The van der Waals surface area contributed by atoms with Crippen LogP contribution < -0.4 is 10.6 Å². The van der Waals surface area contributed by atoms with Crippen molar-refractivity contribution in [3.63, 3.8) is 0 Å². The zero-order chi connectivity index (χ0) is 18.9. The molecule has 1 aromatic carbocycles. The van der Waals surface area contributed by atoms with E-state index in [1.54, 1.807) is 32.2 Å². The predicted octanol–water partition coefficient (Wildman–Crippen LogP) is 2.00. The molecule has 0 aliphatic heterocycles. The molecule has 0 saturated heterocycles. The van der Waals surface area contributed by atoms with Crippen molar-refractivity contribution >= 4 is 11.9 Å². The highest BCUT2D eigenvalue weighted by molar-refractivity contribution is 5.94. The van der Waals surface area contributed by atoms with Crippen molar-refractivity contribution in [3.8, 4) is 0 Å². The van der Waals surface area contributed by atoms with Gasteiger partial charge in [-0.25, -0.2) is 0 Å². The fourth-order valence-electron chi connectivity index (χ4n) is 2.53. The van der Waals surface area contributed by atoms with E-state index in [4.69, 9.17) is 0 Å². The van der Waals surface area contributed by atoms with Crippen LogP contribution in [0.4, 0.5) is 0 Å². The number of guanidine groups is 1. The van der Waals surface area contributed by atoms with E-state index in [0.717, 1.165) is 35.7 Å². The van der Waals surface area contributed by atoms with Crippen LogP contribution in [0.3, 0.4) is 0 Å². The summed E-state index contributed by atoms with van der Waals surface area (Å²) < 4.78 is 0. The first kappa shape index (κ1) is 19.4. The highest BCUT2D eigenvalue weighted by Crippen LogP contribution is 2.08. The molecule has 2 aromatic rings. The van der Waals surface area contributed by atoms with Crippen LogP contribution in [0.25, 0.3) is 0 Å². The van der Waals surface area contributed by atoms with Gasteiger partial charge in [0.15, 0.2) is 5.96 Å². The Morgan fingerprint density at radius 2 is 2.00 bits per heavy atom. The zero-order valence-corrected chi connectivity index (χ0v) is 15.9. The smallest absolute Gasteiger partial charge is 0.253 e. The monoisotopic (exact) mass is 353 g/mol. The second kappa shape index (κ2) is 9.56. The minimum Gasteiger partial charge on any atom is -0.356 e. The van der Waals surface area contributed by atoms with E-state index in [9.17, 15) is 4.79 Å². The lowest BCUT2D eigenvalue weighted by Crippen LogP contribution is -2.38. The number of nitrogens with zero attached hydrogens (tertiary/aromatic N) is 3. The topological polar surface area (TPSA) is 69.6 Å². The minimum atomic E-state index is 0.0167. The van der Waals surface area contributed by atoms with Gasteiger partial charge in [0.05, 0.1) is 12.2 Å². The lowest BCUT2D eigenvalue weighted by molar-refractivity contribution is 0.0827. The summed E-state index contributed by atoms with van der Waals surface area (Å²) in [5.41, 5.74) is 3.98. The molecule has 2 rings (SSSR count). The molecule has 0 saturated carbocycles. The van der Waals surface area contributed by atoms with Crippen molar-refractivity contribution in [2.75, 3.05) is 27.7 Å². The van der Waals surface area contributed by atoms with E-state index in [2.05, 4.69) is 20.6 Å². The standard InChI is InChI=1S/C20H27N5O/c1-15-7-6-11-22-18(15)14-24-20(21-2)23-12-10-16-8-5-9-17(13-16)19(26)25(3)4/h5-9,11,13H,10,12,14H2,1-4H3,(H2,21,23,24). The van der Waals surface area contributed by atoms with Crippen LogP contribution in [0.5, 0.6) is 0 Å². The fourth-order valence-corrected chi connectivity index (χ4v) is 2.53. The summed E-state index contributed by atoms with van der Waals surface area (Å²) >= 11 is 0. The summed E-state index contributed by atoms with van der Waals surface area (Å²) in [5.74, 6) is 0.749. The predicted molar refractivity (Wildman–Crippen MR) is 105 cm³/mol. The van der Waals surface area contributed by atoms with Crippen LogP contribution in [0.1, 0.15) is 27.2 Å². The number of nitrogens with one attached hydrogen (secondary N) is 2. The Labute approximate surface area is 155 Å². The molecule has 0 radical (unpaired) electrons. The highest BCUT2D eigenvalue weighted by Gasteiger charge is 2.08. The molecule has 0 atom stereocenters. The molecule has 0 fully saturated rings. The molecule has 6 heteroatoms. The van der Waals surface area contributed by atoms with Crippen LogP contribution in [-0.4, -0.2) is 49.4 Å². The van der Waals surface area contributed by atoms with Gasteiger partial charge in [-0.15, -0.1) is 0 Å². The molecule has 1 heterocycles. The van der Waals surface area contributed by atoms with E-state index >= 15 is 0 Å². The maximum Gasteiger partial charge on any atom is 0.253 e. The van der Waals surface area contributed by atoms with Crippen molar-refractivity contribution in [2.45, 2.75) is 19.9 Å². The average Bonchev–Trinajstić information content (AvgIpc) is 2.65. The van der Waals surface area contributed by atoms with Gasteiger partial charge in [-0.3, -0.25) is 14.8 Å². The van der Waals surface area contributed by atoms with E-state index < -0.39 is 0 Å². The molecule has 0 bridgehead atoms. The van der Waals surface area contributed by atoms with Crippen LogP contribution in [0.15, 0.2) is 47.6 Å². The number of hydrogen-bond acceptors (Lipinski definition) is 3. The second-order valence-electron chi connectivity index (χ2n) is 6.27. The van der Waals surface area contributed by atoms with Gasteiger partial charge in [0, 0.05) is 39.4 Å². The summed E-state index contributed by atoms with van der Waals surface area (Å²) in [4.78, 5) is 22.2. The van der Waals surface area contributed by atoms with Crippen LogP contribution in [-0.2, 0) is 13.0 Å². The van der Waals surface area contributed by atoms with E-state index in [0.29, 0.717) is 12.1 Å². The Morgan fingerprint density at radius 1 is 1.19 bits per heavy atom. The van der Waals surface area contributed by atoms with Gasteiger partial charge in [0.25, 0.3) is 5.91 Å². The first-order valence-electron chi connectivity index (χ1n) is 8.67. The summed E-state index contributed by atoms with van der Waals surface area (Å²) in [7, 11) is 5.27. The van der Waals surface area contributed by atoms with Gasteiger partial charge >= 0.3 is 0 Å². The fraction of sp³-hybridized carbons (Fsp3) is 0.350. The van der Waals surface area contributed by atoms with Gasteiger partial charge in [-0.1, -0.05) is 18.2 Å². The normalized spacial score (nSPS) is 11.2. The van der Waals surface area contributed by atoms with Crippen molar-refractivity contribution < 1.29 is 4.79 Å². The number of amides is 1. The number of benzene rings is 1. The number of aromatic nitrogens is 1. The van der Waals surface area contributed by atoms with Gasteiger partial charge < -0.3 is 15.5 Å². The number of aryl methyl sites for hydroxylation is 1. The molecule has 0 unspecified atom stereocenters.